The molecule has 20 heavy (non-hydrogen) atoms. The lowest BCUT2D eigenvalue weighted by molar-refractivity contribution is 0.174. The van der Waals surface area contributed by atoms with Gasteiger partial charge in [-0.25, -0.2) is 4.98 Å². The summed E-state index contributed by atoms with van der Waals surface area (Å²) in [6, 6.07) is 7.62. The fourth-order valence-corrected chi connectivity index (χ4v) is 2.43. The minimum Gasteiger partial charge on any atom is -0.497 e. The molecule has 3 rings (SSSR count). The van der Waals surface area contributed by atoms with Gasteiger partial charge in [-0.15, -0.1) is 0 Å². The van der Waals surface area contributed by atoms with Gasteiger partial charge in [0.1, 0.15) is 12.0 Å². The second kappa shape index (κ2) is 5.64. The predicted molar refractivity (Wildman–Crippen MR) is 74.4 cm³/mol. The Hall–Kier alpha value is -1.85. The van der Waals surface area contributed by atoms with Crippen molar-refractivity contribution in [2.75, 3.05) is 20.2 Å². The third-order valence-electron chi connectivity index (χ3n) is 3.52. The Labute approximate surface area is 117 Å². The summed E-state index contributed by atoms with van der Waals surface area (Å²) < 4.78 is 10.6. The first kappa shape index (κ1) is 13.1. The number of aliphatic hydroxyl groups is 1. The molecular formula is C15H18N2O3. The number of benzene rings is 1. The number of β-amino-alcohol motifs (C(OH)–C–C–N with tert-alkyl or cyclic N) is 1. The van der Waals surface area contributed by atoms with E-state index in [0.29, 0.717) is 12.4 Å². The van der Waals surface area contributed by atoms with Crippen molar-refractivity contribution in [2.24, 2.45) is 0 Å². The summed E-state index contributed by atoms with van der Waals surface area (Å²) in [5, 5.41) is 9.51. The maximum atomic E-state index is 9.51. The van der Waals surface area contributed by atoms with E-state index in [2.05, 4.69) is 9.88 Å². The van der Waals surface area contributed by atoms with Crippen LogP contribution in [0.3, 0.4) is 0 Å². The van der Waals surface area contributed by atoms with Crippen LogP contribution in [0.4, 0.5) is 0 Å². The van der Waals surface area contributed by atoms with Gasteiger partial charge >= 0.3 is 0 Å². The molecule has 0 amide bonds. The number of hydrogen-bond acceptors (Lipinski definition) is 5. The molecule has 1 N–H and O–H groups in total. The summed E-state index contributed by atoms with van der Waals surface area (Å²) in [4.78, 5) is 6.67. The van der Waals surface area contributed by atoms with Gasteiger partial charge in [0.05, 0.1) is 18.9 Å². The van der Waals surface area contributed by atoms with Crippen LogP contribution in [0.2, 0.25) is 0 Å². The van der Waals surface area contributed by atoms with Crippen molar-refractivity contribution in [3.63, 3.8) is 0 Å². The normalized spacial score (nSPS) is 19.4. The molecule has 5 nitrogen and oxygen atoms in total. The van der Waals surface area contributed by atoms with Crippen LogP contribution in [-0.2, 0) is 6.54 Å². The second-order valence-electron chi connectivity index (χ2n) is 5.05. The number of aliphatic hydroxyl groups excluding tert-OH is 1. The minimum absolute atomic E-state index is 0.206. The topological polar surface area (TPSA) is 58.7 Å². The van der Waals surface area contributed by atoms with E-state index in [1.807, 2.05) is 24.3 Å². The Bertz CT molecular complexity index is 565. The zero-order valence-electron chi connectivity index (χ0n) is 11.5. The van der Waals surface area contributed by atoms with Crippen LogP contribution in [0.15, 0.2) is 34.9 Å². The highest BCUT2D eigenvalue weighted by Crippen LogP contribution is 2.22. The van der Waals surface area contributed by atoms with Crippen molar-refractivity contribution in [1.82, 2.24) is 9.88 Å². The fraction of sp³-hybridized carbons (Fsp3) is 0.400. The van der Waals surface area contributed by atoms with Gasteiger partial charge in [-0.1, -0.05) is 0 Å². The average molecular weight is 274 g/mol. The Kier molecular flexibility index (Phi) is 3.71. The van der Waals surface area contributed by atoms with Crippen molar-refractivity contribution in [3.8, 4) is 17.2 Å². The second-order valence-corrected chi connectivity index (χ2v) is 5.05. The zero-order chi connectivity index (χ0) is 13.9. The van der Waals surface area contributed by atoms with Crippen molar-refractivity contribution in [1.29, 1.82) is 0 Å². The monoisotopic (exact) mass is 274 g/mol. The number of aromatic nitrogens is 1. The lowest BCUT2D eigenvalue weighted by Gasteiger charge is -2.11. The van der Waals surface area contributed by atoms with Crippen LogP contribution in [-0.4, -0.2) is 41.3 Å². The van der Waals surface area contributed by atoms with Crippen molar-refractivity contribution >= 4 is 0 Å². The third kappa shape index (κ3) is 2.84. The summed E-state index contributed by atoms with van der Waals surface area (Å²) in [7, 11) is 1.64. The highest BCUT2D eigenvalue weighted by atomic mass is 16.5. The smallest absolute Gasteiger partial charge is 0.226 e. The highest BCUT2D eigenvalue weighted by Gasteiger charge is 2.21. The fourth-order valence-electron chi connectivity index (χ4n) is 2.43. The lowest BCUT2D eigenvalue weighted by atomic mass is 10.2. The zero-order valence-corrected chi connectivity index (χ0v) is 11.5. The number of oxazole rings is 1. The van der Waals surface area contributed by atoms with E-state index in [-0.39, 0.29) is 6.10 Å². The van der Waals surface area contributed by atoms with Crippen molar-refractivity contribution < 1.29 is 14.3 Å². The molecule has 1 aromatic carbocycles. The van der Waals surface area contributed by atoms with E-state index in [4.69, 9.17) is 9.15 Å². The Morgan fingerprint density at radius 3 is 2.85 bits per heavy atom. The molecule has 1 aliphatic rings. The van der Waals surface area contributed by atoms with Gasteiger partial charge in [0, 0.05) is 25.2 Å². The molecule has 106 valence electrons. The molecule has 0 bridgehead atoms. The number of ether oxygens (including phenoxy) is 1. The van der Waals surface area contributed by atoms with Gasteiger partial charge in [-0.2, -0.15) is 0 Å². The number of rotatable bonds is 4. The van der Waals surface area contributed by atoms with E-state index in [1.54, 1.807) is 13.4 Å². The quantitative estimate of drug-likeness (QED) is 0.923. The Morgan fingerprint density at radius 2 is 2.20 bits per heavy atom. The van der Waals surface area contributed by atoms with Gasteiger partial charge in [-0.3, -0.25) is 4.90 Å². The number of likely N-dealkylation sites (tertiary alicyclic amines) is 1. The van der Waals surface area contributed by atoms with Gasteiger partial charge in [-0.05, 0) is 30.7 Å². The van der Waals surface area contributed by atoms with E-state index in [0.717, 1.165) is 36.5 Å². The molecule has 1 saturated heterocycles. The number of methoxy groups -OCH3 is 1. The molecule has 0 spiro atoms. The van der Waals surface area contributed by atoms with Gasteiger partial charge in [0.2, 0.25) is 5.89 Å². The summed E-state index contributed by atoms with van der Waals surface area (Å²) in [6.07, 6.45) is 2.32. The molecule has 5 heteroatoms. The molecule has 1 aliphatic heterocycles. The van der Waals surface area contributed by atoms with Crippen LogP contribution in [0.1, 0.15) is 12.1 Å². The van der Waals surface area contributed by atoms with E-state index in [1.165, 1.54) is 0 Å². The molecule has 1 aromatic heterocycles. The van der Waals surface area contributed by atoms with Gasteiger partial charge in [0.25, 0.3) is 0 Å². The highest BCUT2D eigenvalue weighted by molar-refractivity contribution is 5.54. The molecule has 1 fully saturated rings. The van der Waals surface area contributed by atoms with Crippen LogP contribution in [0.5, 0.6) is 5.75 Å². The van der Waals surface area contributed by atoms with E-state index >= 15 is 0 Å². The maximum Gasteiger partial charge on any atom is 0.226 e. The van der Waals surface area contributed by atoms with Gasteiger partial charge in [0.15, 0.2) is 0 Å². The summed E-state index contributed by atoms with van der Waals surface area (Å²) >= 11 is 0. The first-order valence-electron chi connectivity index (χ1n) is 6.74. The molecule has 1 atom stereocenters. The maximum absolute atomic E-state index is 9.51. The molecule has 1 unspecified atom stereocenters. The summed E-state index contributed by atoms with van der Waals surface area (Å²) in [6.45, 7) is 2.34. The summed E-state index contributed by atoms with van der Waals surface area (Å²) in [5.74, 6) is 1.42. The van der Waals surface area contributed by atoms with Crippen LogP contribution < -0.4 is 4.74 Å². The Balaban J connectivity index is 1.69. The van der Waals surface area contributed by atoms with E-state index < -0.39 is 0 Å². The minimum atomic E-state index is -0.206. The lowest BCUT2D eigenvalue weighted by Crippen LogP contribution is -2.21. The van der Waals surface area contributed by atoms with Gasteiger partial charge < -0.3 is 14.3 Å². The van der Waals surface area contributed by atoms with Crippen LogP contribution in [0.25, 0.3) is 11.5 Å². The van der Waals surface area contributed by atoms with E-state index in [9.17, 15) is 5.11 Å². The SMILES string of the molecule is COc1ccc(-c2nc(CN3CCC(O)C3)co2)cc1. The third-order valence-corrected chi connectivity index (χ3v) is 3.52. The molecule has 2 aromatic rings. The first-order chi connectivity index (χ1) is 9.74. The molecule has 0 saturated carbocycles. The van der Waals surface area contributed by atoms with Crippen LogP contribution >= 0.6 is 0 Å². The van der Waals surface area contributed by atoms with Crippen LogP contribution in [0, 0.1) is 0 Å². The summed E-state index contributed by atoms with van der Waals surface area (Å²) in [5.41, 5.74) is 1.82. The number of hydrogen-bond donors (Lipinski definition) is 1. The predicted octanol–water partition coefficient (Wildman–Crippen LogP) is 1.92. The molecule has 0 aliphatic carbocycles. The largest absolute Gasteiger partial charge is 0.497 e. The molecule has 2 heterocycles. The van der Waals surface area contributed by atoms with Crippen molar-refractivity contribution in [2.45, 2.75) is 19.1 Å². The Morgan fingerprint density at radius 1 is 1.40 bits per heavy atom. The molecular weight excluding hydrogens is 256 g/mol. The number of nitrogens with zero attached hydrogens (tertiary/aromatic N) is 2. The standard InChI is InChI=1S/C15H18N2O3/c1-19-14-4-2-11(3-5-14)15-16-12(10-20-15)8-17-7-6-13(18)9-17/h2-5,10,13,18H,6-9H2,1H3. The van der Waals surface area contributed by atoms with Crippen molar-refractivity contribution in [3.05, 3.63) is 36.2 Å². The first-order valence-corrected chi connectivity index (χ1v) is 6.74. The molecule has 0 radical (unpaired) electrons. The average Bonchev–Trinajstić information content (AvgIpc) is 3.09.